The summed E-state index contributed by atoms with van der Waals surface area (Å²) in [6.45, 7) is 0. The van der Waals surface area contributed by atoms with Crippen molar-refractivity contribution in [3.05, 3.63) is 200 Å². The van der Waals surface area contributed by atoms with Gasteiger partial charge < -0.3 is 0 Å². The van der Waals surface area contributed by atoms with E-state index >= 15 is 0 Å². The van der Waals surface area contributed by atoms with Gasteiger partial charge in [-0.2, -0.15) is 0 Å². The second kappa shape index (κ2) is 13.4. The molecule has 54 heavy (non-hydrogen) atoms. The molecule has 0 radical (unpaired) electrons. The summed E-state index contributed by atoms with van der Waals surface area (Å²) < 4.78 is 37.3. The second-order valence-electron chi connectivity index (χ2n) is 13.3. The van der Waals surface area contributed by atoms with Crippen LogP contribution in [0.5, 0.6) is 0 Å². The van der Waals surface area contributed by atoms with Gasteiger partial charge in [-0.3, -0.25) is 0 Å². The van der Waals surface area contributed by atoms with E-state index in [2.05, 4.69) is 48.5 Å². The molecule has 0 aliphatic heterocycles. The first kappa shape index (κ1) is 27.4. The van der Waals surface area contributed by atoms with Gasteiger partial charge in [0.1, 0.15) is 0 Å². The Morgan fingerprint density at radius 2 is 0.870 bits per heavy atom. The monoisotopic (exact) mass is 691 g/mol. The van der Waals surface area contributed by atoms with E-state index in [0.29, 0.717) is 17.2 Å². The average Bonchev–Trinajstić information content (AvgIpc) is 3.28. The third kappa shape index (κ3) is 5.78. The molecular weight excluding hydrogens is 655 g/mol. The van der Waals surface area contributed by atoms with E-state index in [9.17, 15) is 4.11 Å². The van der Waals surface area contributed by atoms with Crippen molar-refractivity contribution in [2.24, 2.45) is 0 Å². The molecule has 10 rings (SSSR count). The van der Waals surface area contributed by atoms with Crippen LogP contribution in [-0.2, 0) is 0 Å². The Balaban J connectivity index is 1.21. The summed E-state index contributed by atoms with van der Waals surface area (Å²) in [5, 5.41) is 5.84. The van der Waals surface area contributed by atoms with Crippen molar-refractivity contribution >= 4 is 32.3 Å². The highest BCUT2D eigenvalue weighted by Crippen LogP contribution is 2.38. The Morgan fingerprint density at radius 1 is 0.315 bits per heavy atom. The molecule has 0 bridgehead atoms. The summed E-state index contributed by atoms with van der Waals surface area (Å²) in [5.41, 5.74) is 6.75. The maximum absolute atomic E-state index is 9.76. The molecule has 0 saturated heterocycles. The minimum absolute atomic E-state index is 0.0736. The van der Waals surface area contributed by atoms with Crippen LogP contribution < -0.4 is 0 Å². The fourth-order valence-corrected chi connectivity index (χ4v) is 7.33. The molecule has 3 nitrogen and oxygen atoms in total. The van der Waals surface area contributed by atoms with Crippen molar-refractivity contribution in [1.29, 1.82) is 0 Å². The van der Waals surface area contributed by atoms with Gasteiger partial charge >= 0.3 is 0 Å². The van der Waals surface area contributed by atoms with Crippen LogP contribution in [0.25, 0.3) is 99.9 Å². The topological polar surface area (TPSA) is 38.7 Å². The molecule has 0 amide bonds. The molecule has 9 aromatic carbocycles. The van der Waals surface area contributed by atoms with E-state index in [1.54, 1.807) is 0 Å². The minimum atomic E-state index is -0.301. The highest BCUT2D eigenvalue weighted by atomic mass is 15.0. The second-order valence-corrected chi connectivity index (χ2v) is 13.3. The number of nitrogens with zero attached hydrogens (tertiary/aromatic N) is 3. The maximum Gasteiger partial charge on any atom is 0.164 e. The van der Waals surface area contributed by atoms with Crippen molar-refractivity contribution in [1.82, 2.24) is 15.0 Å². The maximum atomic E-state index is 9.76. The highest BCUT2D eigenvalue weighted by molar-refractivity contribution is 6.05. The summed E-state index contributed by atoms with van der Waals surface area (Å²) in [6, 6.07) is 57.8. The Bertz CT molecular complexity index is 3220. The van der Waals surface area contributed by atoms with Crippen LogP contribution in [0.15, 0.2) is 200 Å². The third-order valence-electron chi connectivity index (χ3n) is 10.00. The molecule has 0 unspecified atom stereocenters. The lowest BCUT2D eigenvalue weighted by molar-refractivity contribution is 1.08. The summed E-state index contributed by atoms with van der Waals surface area (Å²) in [7, 11) is 0. The van der Waals surface area contributed by atoms with Gasteiger partial charge in [-0.05, 0) is 83.9 Å². The van der Waals surface area contributed by atoms with E-state index in [4.69, 9.17) is 16.3 Å². The smallest absolute Gasteiger partial charge is 0.164 e. The van der Waals surface area contributed by atoms with Crippen molar-refractivity contribution < 1.29 is 5.48 Å². The van der Waals surface area contributed by atoms with E-state index in [-0.39, 0.29) is 41.1 Å². The molecule has 252 valence electrons. The van der Waals surface area contributed by atoms with Crippen molar-refractivity contribution in [3.8, 4) is 67.5 Å². The van der Waals surface area contributed by atoms with Crippen LogP contribution in [0.2, 0.25) is 0 Å². The largest absolute Gasteiger partial charge is 0.208 e. The van der Waals surface area contributed by atoms with E-state index in [1.807, 2.05) is 127 Å². The number of hydrogen-bond donors (Lipinski definition) is 0. The minimum Gasteiger partial charge on any atom is -0.208 e. The van der Waals surface area contributed by atoms with Gasteiger partial charge in [-0.1, -0.05) is 182 Å². The summed E-state index contributed by atoms with van der Waals surface area (Å²) in [6.07, 6.45) is 0. The zero-order chi connectivity index (χ0) is 39.3. The zero-order valence-electron chi connectivity index (χ0n) is 33.1. The van der Waals surface area contributed by atoms with Gasteiger partial charge in [0.15, 0.2) is 17.5 Å². The molecule has 0 saturated carbocycles. The third-order valence-corrected chi connectivity index (χ3v) is 10.00. The van der Waals surface area contributed by atoms with Crippen molar-refractivity contribution in [2.75, 3.05) is 0 Å². The van der Waals surface area contributed by atoms with Gasteiger partial charge in [-0.15, -0.1) is 0 Å². The Morgan fingerprint density at radius 3 is 1.63 bits per heavy atom. The van der Waals surface area contributed by atoms with Gasteiger partial charge in [0.2, 0.25) is 0 Å². The van der Waals surface area contributed by atoms with Crippen LogP contribution in [0.4, 0.5) is 0 Å². The first-order valence-electron chi connectivity index (χ1n) is 19.9. The van der Waals surface area contributed by atoms with E-state index < -0.39 is 0 Å². The number of fused-ring (bicyclic) bond motifs is 3. The molecule has 0 atom stereocenters. The molecule has 0 N–H and O–H groups in total. The van der Waals surface area contributed by atoms with E-state index in [1.165, 1.54) is 0 Å². The Kier molecular flexibility index (Phi) is 6.80. The van der Waals surface area contributed by atoms with Crippen LogP contribution in [0.1, 0.15) is 5.48 Å². The molecule has 0 spiro atoms. The number of rotatable bonds is 6. The van der Waals surface area contributed by atoms with Crippen LogP contribution >= 0.6 is 0 Å². The molecule has 1 heterocycles. The van der Waals surface area contributed by atoms with E-state index in [0.717, 1.165) is 65.7 Å². The van der Waals surface area contributed by atoms with Gasteiger partial charge in [-0.25, -0.2) is 15.0 Å². The summed E-state index contributed by atoms with van der Waals surface area (Å²) in [4.78, 5) is 15.1. The van der Waals surface area contributed by atoms with Crippen LogP contribution in [0, 0.1) is 0 Å². The SMILES string of the molecule is [2H]c1c([2H])c(-c2nc(-c3ccc4ccc(-c5ccccc5)cc4c3)nc(-c3cccc4ccccc34)n2)c([2H])c(-c2ccc(-c3ccccc3)c3ccccc23)c1[2H]. The van der Waals surface area contributed by atoms with Gasteiger partial charge in [0.25, 0.3) is 0 Å². The highest BCUT2D eigenvalue weighted by Gasteiger charge is 2.16. The Hall–Kier alpha value is -7.23. The number of hydrogen-bond acceptors (Lipinski definition) is 3. The van der Waals surface area contributed by atoms with Crippen molar-refractivity contribution in [2.45, 2.75) is 0 Å². The van der Waals surface area contributed by atoms with Gasteiger partial charge in [0.05, 0.1) is 5.48 Å². The summed E-state index contributed by atoms with van der Waals surface area (Å²) in [5.74, 6) is 0.856. The normalized spacial score (nSPS) is 12.4. The first-order valence-corrected chi connectivity index (χ1v) is 17.9. The molecule has 0 aliphatic carbocycles. The summed E-state index contributed by atoms with van der Waals surface area (Å²) >= 11 is 0. The molecule has 3 heteroatoms. The lowest BCUT2D eigenvalue weighted by atomic mass is 9.91. The van der Waals surface area contributed by atoms with Crippen LogP contribution in [-0.4, -0.2) is 15.0 Å². The molecule has 0 aliphatic rings. The molecule has 0 fully saturated rings. The zero-order valence-corrected chi connectivity index (χ0v) is 29.1. The molecule has 1 aromatic heterocycles. The molecular formula is C51H33N3. The quantitative estimate of drug-likeness (QED) is 0.174. The standard InChI is InChI=1S/C51H33N3/c1-3-13-34(14-4-1)38-27-25-35-26-28-41(33-42(35)31-38)50-52-49(53-51(54-50)48-24-12-18-37-17-7-8-21-43(37)48)40-20-11-19-39(32-40)45-30-29-44(36-15-5-2-6-16-36)46-22-9-10-23-47(45)46/h1-33H/i11D,19D,20D,32D. The average molecular weight is 692 g/mol. The van der Waals surface area contributed by atoms with Gasteiger partial charge in [0, 0.05) is 16.7 Å². The van der Waals surface area contributed by atoms with Crippen molar-refractivity contribution in [3.63, 3.8) is 0 Å². The lowest BCUT2D eigenvalue weighted by Gasteiger charge is -2.14. The fourth-order valence-electron chi connectivity index (χ4n) is 7.33. The first-order chi connectivity index (χ1) is 28.4. The fraction of sp³-hybridized carbons (Fsp3) is 0. The number of aromatic nitrogens is 3. The number of benzene rings is 9. The Labute approximate surface area is 319 Å². The predicted octanol–water partition coefficient (Wildman–Crippen LogP) is 13.3. The molecule has 10 aromatic rings. The van der Waals surface area contributed by atoms with Crippen LogP contribution in [0.3, 0.4) is 0 Å². The predicted molar refractivity (Wildman–Crippen MR) is 225 cm³/mol. The lowest BCUT2D eigenvalue weighted by Crippen LogP contribution is -2.01.